The maximum atomic E-state index is 13.0. The molecule has 0 fully saturated rings. The van der Waals surface area contributed by atoms with E-state index in [4.69, 9.17) is 37.0 Å². The number of hydrogen-bond donors (Lipinski definition) is 3. The van der Waals surface area contributed by atoms with Crippen molar-refractivity contribution in [2.75, 3.05) is 39.6 Å². The second kappa shape index (κ2) is 60.8. The van der Waals surface area contributed by atoms with Crippen LogP contribution in [0.3, 0.4) is 0 Å². The van der Waals surface area contributed by atoms with Gasteiger partial charge < -0.3 is 33.8 Å². The lowest BCUT2D eigenvalue weighted by atomic mass is 10.0. The van der Waals surface area contributed by atoms with Gasteiger partial charge in [0, 0.05) is 25.7 Å². The van der Waals surface area contributed by atoms with Gasteiger partial charge in [-0.05, 0) is 63.2 Å². The highest BCUT2D eigenvalue weighted by atomic mass is 31.2. The lowest BCUT2D eigenvalue weighted by Crippen LogP contribution is -2.30. The van der Waals surface area contributed by atoms with Crippen molar-refractivity contribution in [2.24, 2.45) is 11.8 Å². The van der Waals surface area contributed by atoms with Crippen molar-refractivity contribution in [3.8, 4) is 0 Å². The quantitative estimate of drug-likeness (QED) is 0.0169. The number of hydrogen-bond acceptors (Lipinski definition) is 15. The molecule has 0 bridgehead atoms. The molecule has 3 N–H and O–H groups in total. The molecule has 0 aliphatic rings. The molecular formula is C69H130O17P2. The van der Waals surface area contributed by atoms with Gasteiger partial charge in [0.1, 0.15) is 19.3 Å². The summed E-state index contributed by atoms with van der Waals surface area (Å²) in [6, 6.07) is 0. The third kappa shape index (κ3) is 62.4. The molecule has 88 heavy (non-hydrogen) atoms. The molecule has 0 heterocycles. The fraction of sp³-hybridized carbons (Fsp3) is 0.884. The first-order chi connectivity index (χ1) is 42.4. The van der Waals surface area contributed by atoms with E-state index in [0.29, 0.717) is 31.6 Å². The zero-order valence-electron chi connectivity index (χ0n) is 56.5. The van der Waals surface area contributed by atoms with Gasteiger partial charge in [-0.1, -0.05) is 271 Å². The molecule has 0 aromatic carbocycles. The van der Waals surface area contributed by atoms with Gasteiger partial charge in [-0.15, -0.1) is 0 Å². The highest BCUT2D eigenvalue weighted by Crippen LogP contribution is 2.45. The van der Waals surface area contributed by atoms with Crippen molar-refractivity contribution in [1.82, 2.24) is 0 Å². The smallest absolute Gasteiger partial charge is 0.462 e. The molecule has 19 heteroatoms. The Kier molecular flexibility index (Phi) is 59.1. The predicted octanol–water partition coefficient (Wildman–Crippen LogP) is 19.2. The second-order valence-corrected chi connectivity index (χ2v) is 28.1. The summed E-state index contributed by atoms with van der Waals surface area (Å²) in [6.45, 7) is 9.37. The predicted molar refractivity (Wildman–Crippen MR) is 354 cm³/mol. The van der Waals surface area contributed by atoms with Gasteiger partial charge in [0.25, 0.3) is 0 Å². The molecule has 17 nitrogen and oxygen atoms in total. The standard InChI is InChI=1S/C69H130O17P2/c1-7-9-11-13-15-17-18-19-20-21-26-30-34-41-47-53-68(73)85-64(57-80-67(72)52-46-40-33-29-25-23-22-24-28-31-37-43-49-61(3)4)59-83-87(75,76)81-55-63(70)56-82-88(77,78)84-60-65(86-69(74)54-48-42-36-35-38-44-50-62(5)6)58-79-66(71)51-45-39-32-27-16-14-12-10-8-2/h17-20,61-65,70H,7-16,21-60H2,1-6H3,(H,75,76)(H,77,78)/b18-17-,20-19-/t63-,64-,65-/m1/s1. The molecule has 5 atom stereocenters. The first kappa shape index (κ1) is 85.5. The Labute approximate surface area is 535 Å². The van der Waals surface area contributed by atoms with E-state index >= 15 is 0 Å². The van der Waals surface area contributed by atoms with Crippen molar-refractivity contribution in [2.45, 2.75) is 342 Å². The van der Waals surface area contributed by atoms with Crippen LogP contribution >= 0.6 is 15.6 Å². The van der Waals surface area contributed by atoms with Crippen LogP contribution in [-0.2, 0) is 65.4 Å². The Bertz CT molecular complexity index is 1810. The van der Waals surface area contributed by atoms with Crippen molar-refractivity contribution in [3.05, 3.63) is 24.3 Å². The van der Waals surface area contributed by atoms with E-state index in [2.05, 4.69) is 65.8 Å². The van der Waals surface area contributed by atoms with E-state index in [-0.39, 0.29) is 25.7 Å². The molecular weight excluding hydrogens is 1160 g/mol. The van der Waals surface area contributed by atoms with Crippen molar-refractivity contribution in [3.63, 3.8) is 0 Å². The number of allylic oxidation sites excluding steroid dienone is 4. The monoisotopic (exact) mass is 1290 g/mol. The summed E-state index contributed by atoms with van der Waals surface area (Å²) in [7, 11) is -9.91. The van der Waals surface area contributed by atoms with Crippen LogP contribution in [-0.4, -0.2) is 96.7 Å². The van der Waals surface area contributed by atoms with E-state index in [1.807, 2.05) is 0 Å². The molecule has 0 radical (unpaired) electrons. The van der Waals surface area contributed by atoms with Crippen molar-refractivity contribution >= 4 is 39.5 Å². The zero-order chi connectivity index (χ0) is 65.0. The molecule has 0 aliphatic heterocycles. The Balaban J connectivity index is 5.26. The number of unbranched alkanes of at least 4 members (excludes halogenated alkanes) is 33. The topological polar surface area (TPSA) is 237 Å². The van der Waals surface area contributed by atoms with Gasteiger partial charge in [0.2, 0.25) is 0 Å². The maximum absolute atomic E-state index is 13.0. The molecule has 518 valence electrons. The van der Waals surface area contributed by atoms with Crippen LogP contribution in [0.25, 0.3) is 0 Å². The Hall–Kier alpha value is -2.46. The van der Waals surface area contributed by atoms with E-state index in [1.54, 1.807) is 0 Å². The summed E-state index contributed by atoms with van der Waals surface area (Å²) in [5, 5.41) is 10.6. The summed E-state index contributed by atoms with van der Waals surface area (Å²) >= 11 is 0. The lowest BCUT2D eigenvalue weighted by molar-refractivity contribution is -0.161. The Morgan fingerprint density at radius 3 is 0.932 bits per heavy atom. The number of ether oxygens (including phenoxy) is 4. The highest BCUT2D eigenvalue weighted by molar-refractivity contribution is 7.47. The average Bonchev–Trinajstić information content (AvgIpc) is 3.63. The van der Waals surface area contributed by atoms with E-state index in [1.165, 1.54) is 128 Å². The Morgan fingerprint density at radius 1 is 0.352 bits per heavy atom. The second-order valence-electron chi connectivity index (χ2n) is 25.2. The van der Waals surface area contributed by atoms with Crippen LogP contribution < -0.4 is 0 Å². The number of carbonyl (C=O) groups is 4. The molecule has 0 aliphatic carbocycles. The molecule has 0 saturated carbocycles. The van der Waals surface area contributed by atoms with Crippen molar-refractivity contribution < 1.29 is 80.2 Å². The number of rotatable bonds is 66. The summed E-state index contributed by atoms with van der Waals surface area (Å²) in [6.07, 6.45) is 48.2. The summed E-state index contributed by atoms with van der Waals surface area (Å²) in [4.78, 5) is 72.4. The van der Waals surface area contributed by atoms with E-state index < -0.39 is 97.5 Å². The van der Waals surface area contributed by atoms with Crippen LogP contribution in [0.15, 0.2) is 24.3 Å². The van der Waals surface area contributed by atoms with Crippen LogP contribution in [0.2, 0.25) is 0 Å². The number of carbonyl (C=O) groups excluding carboxylic acids is 4. The number of phosphoric ester groups is 2. The third-order valence-electron chi connectivity index (χ3n) is 15.3. The van der Waals surface area contributed by atoms with Crippen LogP contribution in [0.1, 0.15) is 324 Å². The molecule has 0 amide bonds. The van der Waals surface area contributed by atoms with Gasteiger partial charge >= 0.3 is 39.5 Å². The lowest BCUT2D eigenvalue weighted by Gasteiger charge is -2.21. The van der Waals surface area contributed by atoms with E-state index in [0.717, 1.165) is 109 Å². The summed E-state index contributed by atoms with van der Waals surface area (Å²) in [5.74, 6) is -0.715. The molecule has 0 aromatic heterocycles. The number of phosphoric acid groups is 2. The number of aliphatic hydroxyl groups is 1. The normalized spacial score (nSPS) is 14.4. The van der Waals surface area contributed by atoms with Gasteiger partial charge in [-0.3, -0.25) is 37.3 Å². The molecule has 0 spiro atoms. The summed E-state index contributed by atoms with van der Waals surface area (Å²) in [5.41, 5.74) is 0. The number of esters is 4. The SMILES string of the molecule is CCCCCC/C=C\C=C/CCCCCCCC(=O)O[C@H](COC(=O)CCCCCCCCCCCCCCC(C)C)COP(=O)(O)OC[C@@H](O)COP(=O)(O)OC[C@@H](COC(=O)CCCCCCCCCCC)OC(=O)CCCCCCCCC(C)C. The first-order valence-electron chi connectivity index (χ1n) is 35.3. The van der Waals surface area contributed by atoms with Crippen LogP contribution in [0.4, 0.5) is 0 Å². The Morgan fingerprint density at radius 2 is 0.614 bits per heavy atom. The first-order valence-corrected chi connectivity index (χ1v) is 38.3. The fourth-order valence-corrected chi connectivity index (χ4v) is 11.5. The molecule has 2 unspecified atom stereocenters. The minimum absolute atomic E-state index is 0.0847. The third-order valence-corrected chi connectivity index (χ3v) is 17.2. The van der Waals surface area contributed by atoms with Crippen LogP contribution in [0.5, 0.6) is 0 Å². The highest BCUT2D eigenvalue weighted by Gasteiger charge is 2.30. The minimum atomic E-state index is -4.96. The number of aliphatic hydroxyl groups excluding tert-OH is 1. The summed E-state index contributed by atoms with van der Waals surface area (Å²) < 4.78 is 68.1. The fourth-order valence-electron chi connectivity index (χ4n) is 9.87. The largest absolute Gasteiger partial charge is 0.472 e. The van der Waals surface area contributed by atoms with Gasteiger partial charge in [0.15, 0.2) is 12.2 Å². The average molecular weight is 1290 g/mol. The molecule has 0 rings (SSSR count). The van der Waals surface area contributed by atoms with E-state index in [9.17, 15) is 43.2 Å². The molecule has 0 saturated heterocycles. The van der Waals surface area contributed by atoms with Gasteiger partial charge in [-0.25, -0.2) is 9.13 Å². The minimum Gasteiger partial charge on any atom is -0.462 e. The van der Waals surface area contributed by atoms with Crippen LogP contribution in [0, 0.1) is 11.8 Å². The zero-order valence-corrected chi connectivity index (χ0v) is 58.3. The molecule has 0 aromatic rings. The van der Waals surface area contributed by atoms with Gasteiger partial charge in [-0.2, -0.15) is 0 Å². The van der Waals surface area contributed by atoms with Crippen molar-refractivity contribution in [1.29, 1.82) is 0 Å². The van der Waals surface area contributed by atoms with Gasteiger partial charge in [0.05, 0.1) is 26.4 Å². The maximum Gasteiger partial charge on any atom is 0.472 e.